The number of nitrogens with zero attached hydrogens (tertiary/aromatic N) is 3. The lowest BCUT2D eigenvalue weighted by molar-refractivity contribution is 0.246. The molecule has 0 saturated heterocycles. The molecule has 1 heterocycles. The molecule has 0 aliphatic carbocycles. The summed E-state index contributed by atoms with van der Waals surface area (Å²) in [5.74, 6) is 11.0. The normalized spacial score (nSPS) is 10.6. The molecule has 0 bridgehead atoms. The van der Waals surface area contributed by atoms with E-state index in [4.69, 9.17) is 16.4 Å². The Labute approximate surface area is 161 Å². The smallest absolute Gasteiger partial charge is 0.350 e. The molecule has 28 heavy (non-hydrogen) atoms. The molecule has 0 unspecified atom stereocenters. The van der Waals surface area contributed by atoms with Crippen molar-refractivity contribution in [1.29, 1.82) is 0 Å². The van der Waals surface area contributed by atoms with Crippen LogP contribution in [0.25, 0.3) is 5.69 Å². The Morgan fingerprint density at radius 1 is 1.25 bits per heavy atom. The Morgan fingerprint density at radius 2 is 2.04 bits per heavy atom. The van der Waals surface area contributed by atoms with Gasteiger partial charge in [-0.2, -0.15) is 0 Å². The third-order valence-electron chi connectivity index (χ3n) is 4.34. The number of hydrogen-bond donors (Lipinski definition) is 3. The van der Waals surface area contributed by atoms with Gasteiger partial charge in [-0.05, 0) is 43.2 Å². The van der Waals surface area contributed by atoms with E-state index in [1.807, 2.05) is 18.4 Å². The number of halogens is 1. The molecule has 2 amide bonds. The van der Waals surface area contributed by atoms with Crippen molar-refractivity contribution in [1.82, 2.24) is 15.2 Å². The summed E-state index contributed by atoms with van der Waals surface area (Å²) in [6, 6.07) is 11.2. The van der Waals surface area contributed by atoms with E-state index in [9.17, 15) is 9.18 Å². The molecule has 1 aromatic heterocycles. The van der Waals surface area contributed by atoms with Crippen LogP contribution >= 0.6 is 0 Å². The van der Waals surface area contributed by atoms with Gasteiger partial charge >= 0.3 is 6.03 Å². The van der Waals surface area contributed by atoms with Crippen LogP contribution in [0.2, 0.25) is 0 Å². The van der Waals surface area contributed by atoms with Crippen molar-refractivity contribution in [2.24, 2.45) is 11.7 Å². The van der Waals surface area contributed by atoms with Crippen molar-refractivity contribution in [3.63, 3.8) is 0 Å². The average molecular weight is 384 g/mol. The highest BCUT2D eigenvalue weighted by molar-refractivity contribution is 5.91. The van der Waals surface area contributed by atoms with Gasteiger partial charge in [-0.15, -0.1) is 5.10 Å². The monoisotopic (exact) mass is 384 g/mol. The molecule has 2 aromatic carbocycles. The highest BCUT2D eigenvalue weighted by Crippen LogP contribution is 2.24. The van der Waals surface area contributed by atoms with E-state index in [1.54, 1.807) is 43.5 Å². The van der Waals surface area contributed by atoms with E-state index >= 15 is 0 Å². The van der Waals surface area contributed by atoms with Gasteiger partial charge in [0.25, 0.3) is 0 Å². The summed E-state index contributed by atoms with van der Waals surface area (Å²) in [6.07, 6.45) is 1.68. The maximum Gasteiger partial charge on any atom is 0.350 e. The summed E-state index contributed by atoms with van der Waals surface area (Å²) in [5, 5.41) is 5.22. The molecule has 0 fully saturated rings. The van der Waals surface area contributed by atoms with Crippen LogP contribution in [-0.4, -0.2) is 15.8 Å². The first-order valence-electron chi connectivity index (χ1n) is 8.49. The first-order valence-corrected chi connectivity index (χ1v) is 8.49. The Kier molecular flexibility index (Phi) is 5.57. The Balaban J connectivity index is 1.79. The summed E-state index contributed by atoms with van der Waals surface area (Å²) in [7, 11) is 0. The first kappa shape index (κ1) is 19.3. The number of amides is 2. The minimum absolute atomic E-state index is 0.132. The Bertz CT molecular complexity index is 1000. The Morgan fingerprint density at radius 3 is 2.75 bits per heavy atom. The average Bonchev–Trinajstić information content (AvgIpc) is 3.16. The van der Waals surface area contributed by atoms with Gasteiger partial charge in [-0.1, -0.05) is 18.2 Å². The number of ether oxygens (including phenoxy) is 1. The van der Waals surface area contributed by atoms with Crippen molar-refractivity contribution in [3.8, 4) is 11.6 Å². The molecule has 0 spiro atoms. The lowest BCUT2D eigenvalue weighted by Crippen LogP contribution is -2.48. The van der Waals surface area contributed by atoms with Gasteiger partial charge in [-0.3, -0.25) is 5.43 Å². The van der Waals surface area contributed by atoms with Crippen LogP contribution in [0.4, 0.5) is 14.9 Å². The van der Waals surface area contributed by atoms with Crippen LogP contribution in [0, 0.1) is 19.7 Å². The predicted octanol–water partition coefficient (Wildman–Crippen LogP) is 2.47. The van der Waals surface area contributed by atoms with Gasteiger partial charge < -0.3 is 4.74 Å². The van der Waals surface area contributed by atoms with Crippen molar-refractivity contribution in [2.45, 2.75) is 20.5 Å². The minimum Gasteiger partial charge on any atom is -0.472 e. The fourth-order valence-corrected chi connectivity index (χ4v) is 2.68. The Hall–Kier alpha value is -3.43. The van der Waals surface area contributed by atoms with Gasteiger partial charge in [0.1, 0.15) is 12.4 Å². The van der Waals surface area contributed by atoms with Crippen molar-refractivity contribution in [2.75, 3.05) is 5.01 Å². The van der Waals surface area contributed by atoms with Crippen LogP contribution in [0.15, 0.2) is 48.7 Å². The lowest BCUT2D eigenvalue weighted by Gasteiger charge is -2.20. The third kappa shape index (κ3) is 3.95. The number of anilines is 1. The SMILES string of the molecule is Cc1ccc(-n2ccc(OCc3c(C)cccc3N(N)C(=O)NN)n2)cc1F. The van der Waals surface area contributed by atoms with Crippen LogP contribution in [0.1, 0.15) is 16.7 Å². The van der Waals surface area contributed by atoms with E-state index in [1.165, 1.54) is 10.7 Å². The molecule has 9 heteroatoms. The van der Waals surface area contributed by atoms with Crippen molar-refractivity contribution in [3.05, 3.63) is 71.2 Å². The second-order valence-corrected chi connectivity index (χ2v) is 6.21. The molecule has 3 aromatic rings. The summed E-state index contributed by atoms with van der Waals surface area (Å²) in [5.41, 5.74) is 5.20. The number of carbonyl (C=O) groups is 1. The van der Waals surface area contributed by atoms with Crippen LogP contribution in [0.5, 0.6) is 5.88 Å². The summed E-state index contributed by atoms with van der Waals surface area (Å²) in [6.45, 7) is 3.71. The second kappa shape index (κ2) is 8.07. The standard InChI is InChI=1S/C19H21FN6O2/c1-12-4-3-5-17(26(22)19(27)23-21)15(12)11-28-18-8-9-25(24-18)14-7-6-13(2)16(20)10-14/h3-10H,11,21-22H2,1-2H3,(H,23,27). The molecule has 0 saturated carbocycles. The van der Waals surface area contributed by atoms with Crippen LogP contribution < -0.4 is 26.9 Å². The molecule has 0 aliphatic rings. The molecule has 8 nitrogen and oxygen atoms in total. The highest BCUT2D eigenvalue weighted by atomic mass is 19.1. The van der Waals surface area contributed by atoms with E-state index in [0.717, 1.165) is 10.6 Å². The largest absolute Gasteiger partial charge is 0.472 e. The fourth-order valence-electron chi connectivity index (χ4n) is 2.68. The molecular formula is C19H21FN6O2. The molecule has 146 valence electrons. The fraction of sp³-hybridized carbons (Fsp3) is 0.158. The second-order valence-electron chi connectivity index (χ2n) is 6.21. The molecule has 5 N–H and O–H groups in total. The molecule has 3 rings (SSSR count). The number of carbonyl (C=O) groups excluding carboxylic acids is 1. The number of rotatable bonds is 5. The van der Waals surface area contributed by atoms with E-state index in [-0.39, 0.29) is 12.4 Å². The molecular weight excluding hydrogens is 363 g/mol. The number of aromatic nitrogens is 2. The summed E-state index contributed by atoms with van der Waals surface area (Å²) < 4.78 is 21.1. The number of hydrogen-bond acceptors (Lipinski definition) is 5. The zero-order chi connectivity index (χ0) is 20.3. The number of aryl methyl sites for hydroxylation is 2. The van der Waals surface area contributed by atoms with E-state index < -0.39 is 6.03 Å². The van der Waals surface area contributed by atoms with E-state index in [2.05, 4.69) is 5.10 Å². The minimum atomic E-state index is -0.655. The summed E-state index contributed by atoms with van der Waals surface area (Å²) in [4.78, 5) is 11.7. The maximum atomic E-state index is 13.8. The quantitative estimate of drug-likeness (QED) is 0.355. The summed E-state index contributed by atoms with van der Waals surface area (Å²) >= 11 is 0. The van der Waals surface area contributed by atoms with Crippen LogP contribution in [-0.2, 0) is 6.61 Å². The zero-order valence-electron chi connectivity index (χ0n) is 15.5. The number of benzene rings is 2. The topological polar surface area (TPSA) is 111 Å². The number of nitrogens with one attached hydrogen (secondary N) is 1. The molecule has 0 radical (unpaired) electrons. The van der Waals surface area contributed by atoms with Gasteiger partial charge in [0, 0.05) is 17.8 Å². The van der Waals surface area contributed by atoms with E-state index in [0.29, 0.717) is 28.4 Å². The maximum absolute atomic E-state index is 13.8. The molecule has 0 aliphatic heterocycles. The first-order chi connectivity index (χ1) is 13.4. The highest BCUT2D eigenvalue weighted by Gasteiger charge is 2.16. The van der Waals surface area contributed by atoms with Gasteiger partial charge in [0.2, 0.25) is 5.88 Å². The van der Waals surface area contributed by atoms with Gasteiger partial charge in [0.05, 0.1) is 11.4 Å². The van der Waals surface area contributed by atoms with Gasteiger partial charge in [0.15, 0.2) is 0 Å². The lowest BCUT2D eigenvalue weighted by atomic mass is 10.1. The van der Waals surface area contributed by atoms with Crippen LogP contribution in [0.3, 0.4) is 0 Å². The van der Waals surface area contributed by atoms with Crippen molar-refractivity contribution < 1.29 is 13.9 Å². The number of nitrogens with two attached hydrogens (primary N) is 2. The predicted molar refractivity (Wildman–Crippen MR) is 103 cm³/mol. The zero-order valence-corrected chi connectivity index (χ0v) is 15.5. The number of hydrazine groups is 2. The molecule has 0 atom stereocenters. The number of urea groups is 1. The third-order valence-corrected chi connectivity index (χ3v) is 4.34. The van der Waals surface area contributed by atoms with Crippen molar-refractivity contribution >= 4 is 11.7 Å². The van der Waals surface area contributed by atoms with Gasteiger partial charge in [-0.25, -0.2) is 30.6 Å².